The molecule has 0 spiro atoms. The third-order valence-corrected chi connectivity index (χ3v) is 5.14. The minimum Gasteiger partial charge on any atom is -0.460 e. The smallest absolute Gasteiger partial charge is 0.306 e. The number of amides is 1. The Morgan fingerprint density at radius 1 is 1.00 bits per heavy atom. The van der Waals surface area contributed by atoms with E-state index in [0.717, 1.165) is 48.5 Å². The van der Waals surface area contributed by atoms with Gasteiger partial charge < -0.3 is 10.1 Å². The molecule has 0 aliphatic carbocycles. The molecule has 0 bridgehead atoms. The standard InChI is InChI=1S/C23H34BrN3O3/c1-23(2,3)30-22(29)13-11-9-7-5-4-6-8-10-12-21(28)25-20-17-19-16-18(24)14-15-27(19)26-20/h14-17H,4-13H2,1-3H3,(H,25,26,28). The molecular weight excluding hydrogens is 446 g/mol. The van der Waals surface area contributed by atoms with Gasteiger partial charge in [0, 0.05) is 29.6 Å². The number of hydrogen-bond acceptors (Lipinski definition) is 4. The number of fused-ring (bicyclic) bond motifs is 1. The first kappa shape index (κ1) is 24.4. The molecule has 0 atom stereocenters. The summed E-state index contributed by atoms with van der Waals surface area (Å²) in [6.45, 7) is 5.69. The Morgan fingerprint density at radius 2 is 1.60 bits per heavy atom. The summed E-state index contributed by atoms with van der Waals surface area (Å²) in [7, 11) is 0. The number of ether oxygens (including phenoxy) is 1. The quantitative estimate of drug-likeness (QED) is 0.287. The van der Waals surface area contributed by atoms with Crippen LogP contribution in [-0.2, 0) is 14.3 Å². The van der Waals surface area contributed by atoms with Gasteiger partial charge in [-0.05, 0) is 45.7 Å². The molecule has 0 aromatic carbocycles. The maximum atomic E-state index is 12.1. The molecule has 7 heteroatoms. The highest BCUT2D eigenvalue weighted by Gasteiger charge is 2.15. The van der Waals surface area contributed by atoms with Crippen LogP contribution in [0.3, 0.4) is 0 Å². The summed E-state index contributed by atoms with van der Waals surface area (Å²) in [5.41, 5.74) is 0.545. The Balaban J connectivity index is 1.46. The minimum absolute atomic E-state index is 0.0135. The molecule has 2 heterocycles. The Bertz CT molecular complexity index is 827. The predicted molar refractivity (Wildman–Crippen MR) is 124 cm³/mol. The van der Waals surface area contributed by atoms with Gasteiger partial charge in [-0.3, -0.25) is 9.59 Å². The maximum absolute atomic E-state index is 12.1. The van der Waals surface area contributed by atoms with Gasteiger partial charge in [-0.1, -0.05) is 54.5 Å². The van der Waals surface area contributed by atoms with E-state index in [2.05, 4.69) is 26.3 Å². The van der Waals surface area contributed by atoms with Gasteiger partial charge in [0.1, 0.15) is 5.60 Å². The summed E-state index contributed by atoms with van der Waals surface area (Å²) in [5, 5.41) is 7.23. The number of halogens is 1. The lowest BCUT2D eigenvalue weighted by molar-refractivity contribution is -0.154. The largest absolute Gasteiger partial charge is 0.460 e. The number of esters is 1. The van der Waals surface area contributed by atoms with Gasteiger partial charge >= 0.3 is 5.97 Å². The normalized spacial score (nSPS) is 11.6. The number of carbonyl (C=O) groups is 2. The topological polar surface area (TPSA) is 72.7 Å². The van der Waals surface area contributed by atoms with Crippen LogP contribution in [0.2, 0.25) is 0 Å². The van der Waals surface area contributed by atoms with E-state index in [1.165, 1.54) is 12.8 Å². The van der Waals surface area contributed by atoms with E-state index in [4.69, 9.17) is 4.74 Å². The van der Waals surface area contributed by atoms with Crippen LogP contribution in [-0.4, -0.2) is 27.1 Å². The average molecular weight is 480 g/mol. The first-order chi connectivity index (χ1) is 14.2. The number of anilines is 1. The number of rotatable bonds is 12. The van der Waals surface area contributed by atoms with E-state index < -0.39 is 5.60 Å². The molecule has 166 valence electrons. The second-order valence-corrected chi connectivity index (χ2v) is 9.62. The van der Waals surface area contributed by atoms with Gasteiger partial charge in [-0.25, -0.2) is 4.52 Å². The van der Waals surface area contributed by atoms with Gasteiger partial charge in [0.2, 0.25) is 5.91 Å². The van der Waals surface area contributed by atoms with Crippen molar-refractivity contribution in [1.82, 2.24) is 9.61 Å². The predicted octanol–water partition coefficient (Wildman–Crippen LogP) is 6.28. The zero-order chi connectivity index (χ0) is 22.0. The van der Waals surface area contributed by atoms with Crippen molar-refractivity contribution >= 4 is 39.1 Å². The van der Waals surface area contributed by atoms with Gasteiger partial charge in [-0.15, -0.1) is 0 Å². The van der Waals surface area contributed by atoms with Crippen molar-refractivity contribution in [2.45, 2.75) is 90.6 Å². The average Bonchev–Trinajstić information content (AvgIpc) is 3.02. The van der Waals surface area contributed by atoms with Crippen LogP contribution < -0.4 is 5.32 Å². The van der Waals surface area contributed by atoms with E-state index in [1.807, 2.05) is 45.2 Å². The number of nitrogens with one attached hydrogen (secondary N) is 1. The minimum atomic E-state index is -0.391. The highest BCUT2D eigenvalue weighted by Crippen LogP contribution is 2.17. The molecule has 0 saturated carbocycles. The molecule has 1 N–H and O–H groups in total. The second-order valence-electron chi connectivity index (χ2n) is 8.71. The molecule has 0 aliphatic heterocycles. The molecular formula is C23H34BrN3O3. The zero-order valence-corrected chi connectivity index (χ0v) is 20.0. The number of pyridine rings is 1. The number of carbonyl (C=O) groups excluding carboxylic acids is 2. The van der Waals surface area contributed by atoms with Crippen molar-refractivity contribution in [2.24, 2.45) is 0 Å². The van der Waals surface area contributed by atoms with Crippen LogP contribution in [0.15, 0.2) is 28.9 Å². The van der Waals surface area contributed by atoms with Crippen molar-refractivity contribution in [3.05, 3.63) is 28.9 Å². The molecule has 0 fully saturated rings. The van der Waals surface area contributed by atoms with Crippen molar-refractivity contribution < 1.29 is 14.3 Å². The van der Waals surface area contributed by atoms with Crippen LogP contribution in [0.25, 0.3) is 5.52 Å². The second kappa shape index (κ2) is 12.1. The summed E-state index contributed by atoms with van der Waals surface area (Å²) in [4.78, 5) is 23.7. The molecule has 0 radical (unpaired) electrons. The first-order valence-corrected chi connectivity index (χ1v) is 11.7. The molecule has 1 amide bonds. The molecule has 30 heavy (non-hydrogen) atoms. The SMILES string of the molecule is CC(C)(C)OC(=O)CCCCCCCCCCC(=O)Nc1cc2cc(Br)ccn2n1. The Kier molecular flexibility index (Phi) is 9.82. The fourth-order valence-corrected chi connectivity index (χ4v) is 3.59. The zero-order valence-electron chi connectivity index (χ0n) is 18.4. The molecule has 0 aliphatic rings. The maximum Gasteiger partial charge on any atom is 0.306 e. The van der Waals surface area contributed by atoms with E-state index in [0.29, 0.717) is 18.7 Å². The summed E-state index contributed by atoms with van der Waals surface area (Å²) < 4.78 is 8.03. The molecule has 2 aromatic rings. The fraction of sp³-hybridized carbons (Fsp3) is 0.609. The highest BCUT2D eigenvalue weighted by atomic mass is 79.9. The fourth-order valence-electron chi connectivity index (χ4n) is 3.24. The summed E-state index contributed by atoms with van der Waals surface area (Å²) in [6.07, 6.45) is 11.4. The van der Waals surface area contributed by atoms with Crippen LogP contribution >= 0.6 is 15.9 Å². The third kappa shape index (κ3) is 9.74. The van der Waals surface area contributed by atoms with E-state index >= 15 is 0 Å². The number of aromatic nitrogens is 2. The van der Waals surface area contributed by atoms with Gasteiger partial charge in [0.25, 0.3) is 0 Å². The lowest BCUT2D eigenvalue weighted by Gasteiger charge is -2.19. The molecule has 2 rings (SSSR count). The van der Waals surface area contributed by atoms with Crippen LogP contribution in [0.5, 0.6) is 0 Å². The number of unbranched alkanes of at least 4 members (excludes halogenated alkanes) is 7. The van der Waals surface area contributed by atoms with Crippen molar-refractivity contribution in [2.75, 3.05) is 5.32 Å². The van der Waals surface area contributed by atoms with Gasteiger partial charge in [-0.2, -0.15) is 5.10 Å². The van der Waals surface area contributed by atoms with Crippen molar-refractivity contribution in [3.8, 4) is 0 Å². The third-order valence-electron chi connectivity index (χ3n) is 4.65. The first-order valence-electron chi connectivity index (χ1n) is 10.9. The van der Waals surface area contributed by atoms with Crippen LogP contribution in [0.4, 0.5) is 5.82 Å². The summed E-state index contributed by atoms with van der Waals surface area (Å²) >= 11 is 3.43. The number of hydrogen-bond donors (Lipinski definition) is 1. The lowest BCUT2D eigenvalue weighted by atomic mass is 10.1. The lowest BCUT2D eigenvalue weighted by Crippen LogP contribution is -2.23. The van der Waals surface area contributed by atoms with E-state index in [-0.39, 0.29) is 11.9 Å². The summed E-state index contributed by atoms with van der Waals surface area (Å²) in [6, 6.07) is 5.73. The molecule has 6 nitrogen and oxygen atoms in total. The van der Waals surface area contributed by atoms with Crippen molar-refractivity contribution in [3.63, 3.8) is 0 Å². The highest BCUT2D eigenvalue weighted by molar-refractivity contribution is 9.10. The molecule has 0 unspecified atom stereocenters. The van der Waals surface area contributed by atoms with E-state index in [1.54, 1.807) is 4.52 Å². The van der Waals surface area contributed by atoms with Crippen LogP contribution in [0.1, 0.15) is 85.0 Å². The van der Waals surface area contributed by atoms with Gasteiger partial charge in [0.15, 0.2) is 5.82 Å². The van der Waals surface area contributed by atoms with Gasteiger partial charge in [0.05, 0.1) is 5.52 Å². The molecule has 0 saturated heterocycles. The number of nitrogens with zero attached hydrogens (tertiary/aromatic N) is 2. The Labute approximate surface area is 187 Å². The Morgan fingerprint density at radius 3 is 2.23 bits per heavy atom. The molecule has 2 aromatic heterocycles. The van der Waals surface area contributed by atoms with Crippen LogP contribution in [0, 0.1) is 0 Å². The monoisotopic (exact) mass is 479 g/mol. The summed E-state index contributed by atoms with van der Waals surface area (Å²) in [5.74, 6) is 0.501. The van der Waals surface area contributed by atoms with E-state index in [9.17, 15) is 9.59 Å². The van der Waals surface area contributed by atoms with Crippen molar-refractivity contribution in [1.29, 1.82) is 0 Å². The Hall–Kier alpha value is -1.89.